The molecule has 1 heterocycles. The third-order valence-corrected chi connectivity index (χ3v) is 3.77. The summed E-state index contributed by atoms with van der Waals surface area (Å²) in [6.07, 6.45) is 1.06. The topological polar surface area (TPSA) is 32.3 Å². The molecule has 0 aliphatic carbocycles. The highest BCUT2D eigenvalue weighted by Gasteiger charge is 2.27. The molecule has 1 aromatic carbocycles. The molecule has 1 aliphatic rings. The number of carbonyl (C=O) groups excluding carboxylic acids is 1. The van der Waals surface area contributed by atoms with Crippen LogP contribution in [-0.4, -0.2) is 36.5 Å². The quantitative estimate of drug-likeness (QED) is 0.886. The average molecular weight is 246 g/mol. The fourth-order valence-corrected chi connectivity index (χ4v) is 2.77. The third-order valence-electron chi connectivity index (χ3n) is 3.77. The summed E-state index contributed by atoms with van der Waals surface area (Å²) in [6.45, 7) is 8.80. The zero-order valence-corrected chi connectivity index (χ0v) is 11.5. The Kier molecular flexibility index (Phi) is 4.02. The first-order valence-electron chi connectivity index (χ1n) is 6.73. The van der Waals surface area contributed by atoms with Crippen LogP contribution in [0.5, 0.6) is 0 Å². The van der Waals surface area contributed by atoms with Crippen LogP contribution in [-0.2, 0) is 0 Å². The summed E-state index contributed by atoms with van der Waals surface area (Å²) in [5, 5.41) is 3.33. The van der Waals surface area contributed by atoms with Crippen LogP contribution < -0.4 is 5.32 Å². The van der Waals surface area contributed by atoms with Crippen molar-refractivity contribution in [2.75, 3.05) is 19.6 Å². The minimum atomic E-state index is 0.182. The average Bonchev–Trinajstić information content (AvgIpc) is 2.83. The van der Waals surface area contributed by atoms with E-state index in [9.17, 15) is 4.79 Å². The van der Waals surface area contributed by atoms with Gasteiger partial charge in [0.25, 0.3) is 5.91 Å². The van der Waals surface area contributed by atoms with E-state index in [1.807, 2.05) is 36.9 Å². The maximum absolute atomic E-state index is 12.7. The van der Waals surface area contributed by atoms with Crippen LogP contribution in [0.15, 0.2) is 18.2 Å². The Morgan fingerprint density at radius 3 is 2.56 bits per heavy atom. The lowest BCUT2D eigenvalue weighted by atomic mass is 10.0. The predicted octanol–water partition coefficient (Wildman–Crippen LogP) is 2.13. The zero-order chi connectivity index (χ0) is 13.1. The van der Waals surface area contributed by atoms with Crippen LogP contribution >= 0.6 is 0 Å². The van der Waals surface area contributed by atoms with Crippen LogP contribution in [0.1, 0.15) is 34.8 Å². The Hall–Kier alpha value is -1.35. The fraction of sp³-hybridized carbons (Fsp3) is 0.533. The Morgan fingerprint density at radius 2 is 2.06 bits per heavy atom. The predicted molar refractivity (Wildman–Crippen MR) is 73.9 cm³/mol. The molecular formula is C15H22N2O. The molecule has 18 heavy (non-hydrogen) atoms. The molecular weight excluding hydrogens is 224 g/mol. The molecule has 3 heteroatoms. The number of nitrogens with one attached hydrogen (secondary N) is 1. The number of hydrogen-bond acceptors (Lipinski definition) is 2. The van der Waals surface area contributed by atoms with E-state index >= 15 is 0 Å². The first kappa shape index (κ1) is 13.1. The summed E-state index contributed by atoms with van der Waals surface area (Å²) in [7, 11) is 0. The molecule has 0 aromatic heterocycles. The number of rotatable bonds is 3. The maximum atomic E-state index is 12.7. The SMILES string of the molecule is CCN(C(=O)c1c(C)cccc1C)C1CCNC1. The summed E-state index contributed by atoms with van der Waals surface area (Å²) in [5.41, 5.74) is 3.03. The smallest absolute Gasteiger partial charge is 0.254 e. The van der Waals surface area contributed by atoms with E-state index in [1.165, 1.54) is 0 Å². The normalized spacial score (nSPS) is 18.9. The van der Waals surface area contributed by atoms with E-state index in [1.54, 1.807) is 0 Å². The van der Waals surface area contributed by atoms with Crippen molar-refractivity contribution in [2.45, 2.75) is 33.2 Å². The van der Waals surface area contributed by atoms with Gasteiger partial charge in [-0.15, -0.1) is 0 Å². The monoisotopic (exact) mass is 246 g/mol. The molecule has 0 saturated carbocycles. The number of aryl methyl sites for hydroxylation is 2. The van der Waals surface area contributed by atoms with Crippen LogP contribution in [0.25, 0.3) is 0 Å². The van der Waals surface area contributed by atoms with E-state index in [0.29, 0.717) is 6.04 Å². The van der Waals surface area contributed by atoms with Gasteiger partial charge in [-0.25, -0.2) is 0 Å². The largest absolute Gasteiger partial charge is 0.335 e. The lowest BCUT2D eigenvalue weighted by Crippen LogP contribution is -2.41. The van der Waals surface area contributed by atoms with Crippen molar-refractivity contribution in [3.05, 3.63) is 34.9 Å². The summed E-state index contributed by atoms with van der Waals surface area (Å²) in [5.74, 6) is 0.182. The van der Waals surface area contributed by atoms with Gasteiger partial charge in [0.1, 0.15) is 0 Å². The van der Waals surface area contributed by atoms with Gasteiger partial charge in [-0.1, -0.05) is 18.2 Å². The lowest BCUT2D eigenvalue weighted by molar-refractivity contribution is 0.0702. The molecule has 0 bridgehead atoms. The molecule has 1 saturated heterocycles. The second-order valence-corrected chi connectivity index (χ2v) is 5.00. The van der Waals surface area contributed by atoms with Gasteiger partial charge in [0.05, 0.1) is 0 Å². The van der Waals surface area contributed by atoms with Crippen molar-refractivity contribution in [3.63, 3.8) is 0 Å². The van der Waals surface area contributed by atoms with Crippen molar-refractivity contribution in [1.82, 2.24) is 10.2 Å². The molecule has 3 nitrogen and oxygen atoms in total. The van der Waals surface area contributed by atoms with Gasteiger partial charge in [0.2, 0.25) is 0 Å². The highest BCUT2D eigenvalue weighted by molar-refractivity contribution is 5.97. The minimum absolute atomic E-state index is 0.182. The Bertz CT molecular complexity index is 416. The lowest BCUT2D eigenvalue weighted by Gasteiger charge is -2.28. The molecule has 0 spiro atoms. The van der Waals surface area contributed by atoms with Crippen LogP contribution in [0, 0.1) is 13.8 Å². The first-order valence-corrected chi connectivity index (χ1v) is 6.73. The van der Waals surface area contributed by atoms with E-state index < -0.39 is 0 Å². The molecule has 2 rings (SSSR count). The number of carbonyl (C=O) groups is 1. The number of likely N-dealkylation sites (N-methyl/N-ethyl adjacent to an activating group) is 1. The van der Waals surface area contributed by atoms with Gasteiger partial charge in [-0.3, -0.25) is 4.79 Å². The molecule has 1 aromatic rings. The number of hydrogen-bond donors (Lipinski definition) is 1. The summed E-state index contributed by atoms with van der Waals surface area (Å²) in [6, 6.07) is 6.39. The van der Waals surface area contributed by atoms with Gasteiger partial charge in [0.15, 0.2) is 0 Å². The van der Waals surface area contributed by atoms with Crippen molar-refractivity contribution in [1.29, 1.82) is 0 Å². The molecule has 98 valence electrons. The van der Waals surface area contributed by atoms with E-state index in [0.717, 1.165) is 42.7 Å². The Labute approximate surface area is 109 Å². The van der Waals surface area contributed by atoms with Crippen LogP contribution in [0.2, 0.25) is 0 Å². The van der Waals surface area contributed by atoms with Crippen molar-refractivity contribution in [3.8, 4) is 0 Å². The standard InChI is InChI=1S/C15H22N2O/c1-4-17(13-8-9-16-10-13)15(18)14-11(2)6-5-7-12(14)3/h5-7,13,16H,4,8-10H2,1-3H3. The van der Waals surface area contributed by atoms with Crippen LogP contribution in [0.3, 0.4) is 0 Å². The molecule has 1 amide bonds. The number of amides is 1. The molecule has 0 radical (unpaired) electrons. The number of nitrogens with zero attached hydrogens (tertiary/aromatic N) is 1. The second-order valence-electron chi connectivity index (χ2n) is 5.00. The highest BCUT2D eigenvalue weighted by atomic mass is 16.2. The fourth-order valence-electron chi connectivity index (χ4n) is 2.77. The molecule has 1 aliphatic heterocycles. The minimum Gasteiger partial charge on any atom is -0.335 e. The molecule has 1 N–H and O–H groups in total. The van der Waals surface area contributed by atoms with E-state index in [2.05, 4.69) is 12.2 Å². The zero-order valence-electron chi connectivity index (χ0n) is 11.5. The molecule has 1 unspecified atom stereocenters. The van der Waals surface area contributed by atoms with Gasteiger partial charge in [-0.2, -0.15) is 0 Å². The highest BCUT2D eigenvalue weighted by Crippen LogP contribution is 2.19. The summed E-state index contributed by atoms with van der Waals surface area (Å²) in [4.78, 5) is 14.7. The van der Waals surface area contributed by atoms with E-state index in [4.69, 9.17) is 0 Å². The van der Waals surface area contributed by atoms with Gasteiger partial charge >= 0.3 is 0 Å². The third kappa shape index (κ3) is 2.41. The van der Waals surface area contributed by atoms with Gasteiger partial charge in [0, 0.05) is 24.7 Å². The summed E-state index contributed by atoms with van der Waals surface area (Å²) >= 11 is 0. The second kappa shape index (κ2) is 5.53. The van der Waals surface area contributed by atoms with Gasteiger partial charge in [-0.05, 0) is 44.9 Å². The Balaban J connectivity index is 2.28. The van der Waals surface area contributed by atoms with E-state index in [-0.39, 0.29) is 5.91 Å². The molecule has 1 fully saturated rings. The van der Waals surface area contributed by atoms with Crippen molar-refractivity contribution in [2.24, 2.45) is 0 Å². The van der Waals surface area contributed by atoms with Gasteiger partial charge < -0.3 is 10.2 Å². The van der Waals surface area contributed by atoms with Crippen LogP contribution in [0.4, 0.5) is 0 Å². The van der Waals surface area contributed by atoms with Crippen molar-refractivity contribution >= 4 is 5.91 Å². The molecule has 1 atom stereocenters. The Morgan fingerprint density at radius 1 is 1.39 bits per heavy atom. The van der Waals surface area contributed by atoms with Crippen molar-refractivity contribution < 1.29 is 4.79 Å². The first-order chi connectivity index (χ1) is 8.65. The number of benzene rings is 1. The summed E-state index contributed by atoms with van der Waals surface area (Å²) < 4.78 is 0. The maximum Gasteiger partial charge on any atom is 0.254 e.